The first-order valence-corrected chi connectivity index (χ1v) is 4.33. The molecule has 1 rings (SSSR count). The van der Waals surface area contributed by atoms with E-state index >= 15 is 0 Å². The first kappa shape index (κ1) is 8.97. The van der Waals surface area contributed by atoms with Gasteiger partial charge in [-0.25, -0.2) is 0 Å². The Kier molecular flexibility index (Phi) is 3.30. The van der Waals surface area contributed by atoms with Gasteiger partial charge in [0.05, 0.1) is 0 Å². The molecule has 0 aromatic carbocycles. The monoisotopic (exact) mass is 157 g/mol. The Morgan fingerprint density at radius 3 is 2.73 bits per heavy atom. The van der Waals surface area contributed by atoms with Crippen molar-refractivity contribution in [3.05, 3.63) is 0 Å². The van der Waals surface area contributed by atoms with E-state index in [-0.39, 0.29) is 0 Å². The van der Waals surface area contributed by atoms with E-state index in [1.165, 1.54) is 19.5 Å². The van der Waals surface area contributed by atoms with Gasteiger partial charge in [0.25, 0.3) is 0 Å². The second kappa shape index (κ2) is 4.04. The third-order valence-electron chi connectivity index (χ3n) is 2.42. The molecule has 1 fully saturated rings. The molecule has 2 N–H and O–H groups in total. The number of likely N-dealkylation sites (tertiary alicyclic amines) is 1. The molecule has 1 heterocycles. The number of hydrogen-bond donors (Lipinski definition) is 1. The van der Waals surface area contributed by atoms with Gasteiger partial charge in [-0.1, -0.05) is 0 Å². The van der Waals surface area contributed by atoms with Gasteiger partial charge in [-0.15, -0.1) is 0 Å². The highest BCUT2D eigenvalue weighted by Gasteiger charge is 2.22. The fourth-order valence-electron chi connectivity index (χ4n) is 1.62. The zero-order valence-corrected chi connectivity index (χ0v) is 7.58. The Bertz CT molecular complexity index is 114. The number of nitrogens with two attached hydrogens (primary N) is 1. The van der Waals surface area contributed by atoms with E-state index in [9.17, 15) is 0 Å². The third kappa shape index (κ3) is 2.43. The molecule has 0 amide bonds. The highest BCUT2D eigenvalue weighted by molar-refractivity contribution is 4.80. The van der Waals surface area contributed by atoms with Crippen molar-refractivity contribution >= 4 is 0 Å². The lowest BCUT2D eigenvalue weighted by Crippen LogP contribution is -2.33. The summed E-state index contributed by atoms with van der Waals surface area (Å²) in [5, 5.41) is 0. The number of nitrogens with zero attached hydrogens (tertiary/aromatic N) is 2. The minimum atomic E-state index is 0.751. The molecule has 0 spiro atoms. The van der Waals surface area contributed by atoms with Gasteiger partial charge in [-0.05, 0) is 27.1 Å². The van der Waals surface area contributed by atoms with Gasteiger partial charge < -0.3 is 15.5 Å². The molecule has 0 aromatic heterocycles. The highest BCUT2D eigenvalue weighted by Crippen LogP contribution is 2.11. The van der Waals surface area contributed by atoms with Crippen LogP contribution in [0.4, 0.5) is 0 Å². The minimum Gasteiger partial charge on any atom is -0.329 e. The van der Waals surface area contributed by atoms with Crippen molar-refractivity contribution in [3.8, 4) is 0 Å². The quantitative estimate of drug-likeness (QED) is 0.604. The molecule has 11 heavy (non-hydrogen) atoms. The van der Waals surface area contributed by atoms with Gasteiger partial charge in [0.2, 0.25) is 0 Å². The second-order valence-electron chi connectivity index (χ2n) is 3.50. The van der Waals surface area contributed by atoms with E-state index in [2.05, 4.69) is 23.9 Å². The zero-order chi connectivity index (χ0) is 8.27. The number of hydrogen-bond acceptors (Lipinski definition) is 3. The fraction of sp³-hybridized carbons (Fsp3) is 1.00. The highest BCUT2D eigenvalue weighted by atomic mass is 15.2. The lowest BCUT2D eigenvalue weighted by Gasteiger charge is -2.19. The average molecular weight is 157 g/mol. The van der Waals surface area contributed by atoms with E-state index in [1.807, 2.05) is 0 Å². The molecule has 3 heteroatoms. The van der Waals surface area contributed by atoms with Crippen molar-refractivity contribution in [3.63, 3.8) is 0 Å². The molecule has 0 saturated carbocycles. The predicted octanol–water partition coefficient (Wildman–Crippen LogP) is -0.419. The van der Waals surface area contributed by atoms with Crippen LogP contribution in [-0.2, 0) is 0 Å². The zero-order valence-electron chi connectivity index (χ0n) is 7.58. The third-order valence-corrected chi connectivity index (χ3v) is 2.42. The van der Waals surface area contributed by atoms with Crippen molar-refractivity contribution in [2.75, 3.05) is 40.3 Å². The summed E-state index contributed by atoms with van der Waals surface area (Å²) in [5.74, 6) is 0. The van der Waals surface area contributed by atoms with Crippen LogP contribution in [0.1, 0.15) is 6.42 Å². The first-order valence-electron chi connectivity index (χ1n) is 4.33. The number of likely N-dealkylation sites (N-methyl/N-ethyl adjacent to an activating group) is 1. The second-order valence-corrected chi connectivity index (χ2v) is 3.50. The van der Waals surface area contributed by atoms with Crippen LogP contribution in [0.25, 0.3) is 0 Å². The van der Waals surface area contributed by atoms with Gasteiger partial charge in [-0.3, -0.25) is 0 Å². The van der Waals surface area contributed by atoms with E-state index in [4.69, 9.17) is 5.73 Å². The van der Waals surface area contributed by atoms with Gasteiger partial charge in [0.15, 0.2) is 0 Å². The Labute approximate surface area is 69.1 Å². The molecule has 1 saturated heterocycles. The largest absolute Gasteiger partial charge is 0.329 e. The van der Waals surface area contributed by atoms with E-state index in [0.29, 0.717) is 0 Å². The SMILES string of the molecule is CN(C)C1CCN(CCN)C1. The minimum absolute atomic E-state index is 0.751. The number of rotatable bonds is 3. The average Bonchev–Trinajstić information content (AvgIpc) is 2.37. The molecular formula is C8H19N3. The molecule has 66 valence electrons. The fourth-order valence-corrected chi connectivity index (χ4v) is 1.62. The van der Waals surface area contributed by atoms with Crippen molar-refractivity contribution in [2.24, 2.45) is 5.73 Å². The summed E-state index contributed by atoms with van der Waals surface area (Å²) in [6.45, 7) is 4.27. The summed E-state index contributed by atoms with van der Waals surface area (Å²) in [4.78, 5) is 4.74. The van der Waals surface area contributed by atoms with Crippen LogP contribution in [0.2, 0.25) is 0 Å². The van der Waals surface area contributed by atoms with Crippen LogP contribution >= 0.6 is 0 Å². The van der Waals surface area contributed by atoms with Crippen LogP contribution in [-0.4, -0.2) is 56.1 Å². The summed E-state index contributed by atoms with van der Waals surface area (Å²) in [6, 6.07) is 0.751. The van der Waals surface area contributed by atoms with Gasteiger partial charge in [0.1, 0.15) is 0 Å². The van der Waals surface area contributed by atoms with Crippen molar-refractivity contribution in [1.82, 2.24) is 9.80 Å². The molecule has 1 unspecified atom stereocenters. The summed E-state index contributed by atoms with van der Waals surface area (Å²) >= 11 is 0. The standard InChI is InChI=1S/C8H19N3/c1-10(2)8-3-5-11(7-8)6-4-9/h8H,3-7,9H2,1-2H3. The van der Waals surface area contributed by atoms with E-state index in [0.717, 1.165) is 19.1 Å². The Hall–Kier alpha value is -0.120. The van der Waals surface area contributed by atoms with Crippen molar-refractivity contribution in [1.29, 1.82) is 0 Å². The van der Waals surface area contributed by atoms with E-state index < -0.39 is 0 Å². The molecule has 1 aliphatic rings. The first-order chi connectivity index (χ1) is 5.24. The van der Waals surface area contributed by atoms with E-state index in [1.54, 1.807) is 0 Å². The Balaban J connectivity index is 2.23. The van der Waals surface area contributed by atoms with Crippen LogP contribution < -0.4 is 5.73 Å². The maximum atomic E-state index is 5.47. The van der Waals surface area contributed by atoms with Gasteiger partial charge in [-0.2, -0.15) is 0 Å². The molecular weight excluding hydrogens is 138 g/mol. The van der Waals surface area contributed by atoms with Gasteiger partial charge in [0, 0.05) is 25.7 Å². The summed E-state index contributed by atoms with van der Waals surface area (Å²) in [5.41, 5.74) is 5.47. The lowest BCUT2D eigenvalue weighted by atomic mass is 10.2. The Morgan fingerprint density at radius 2 is 2.27 bits per heavy atom. The molecule has 0 aromatic rings. The lowest BCUT2D eigenvalue weighted by molar-refractivity contribution is 0.272. The molecule has 1 aliphatic heterocycles. The summed E-state index contributed by atoms with van der Waals surface area (Å²) in [6.07, 6.45) is 1.30. The predicted molar refractivity (Wildman–Crippen MR) is 47.6 cm³/mol. The maximum absolute atomic E-state index is 5.47. The van der Waals surface area contributed by atoms with Crippen LogP contribution in [0.15, 0.2) is 0 Å². The molecule has 0 radical (unpaired) electrons. The Morgan fingerprint density at radius 1 is 1.55 bits per heavy atom. The molecule has 0 aliphatic carbocycles. The summed E-state index contributed by atoms with van der Waals surface area (Å²) in [7, 11) is 4.30. The van der Waals surface area contributed by atoms with Crippen LogP contribution in [0, 0.1) is 0 Å². The van der Waals surface area contributed by atoms with Gasteiger partial charge >= 0.3 is 0 Å². The smallest absolute Gasteiger partial charge is 0.0229 e. The van der Waals surface area contributed by atoms with Crippen molar-refractivity contribution in [2.45, 2.75) is 12.5 Å². The maximum Gasteiger partial charge on any atom is 0.0229 e. The van der Waals surface area contributed by atoms with Crippen molar-refractivity contribution < 1.29 is 0 Å². The molecule has 3 nitrogen and oxygen atoms in total. The van der Waals surface area contributed by atoms with Crippen LogP contribution in [0.3, 0.4) is 0 Å². The van der Waals surface area contributed by atoms with Crippen LogP contribution in [0.5, 0.6) is 0 Å². The normalized spacial score (nSPS) is 26.7. The summed E-state index contributed by atoms with van der Waals surface area (Å²) < 4.78 is 0. The molecule has 1 atom stereocenters. The topological polar surface area (TPSA) is 32.5 Å². The molecule has 0 bridgehead atoms.